The van der Waals surface area contributed by atoms with Crippen molar-refractivity contribution >= 4 is 17.9 Å². The third-order valence-corrected chi connectivity index (χ3v) is 17.3. The summed E-state index contributed by atoms with van der Waals surface area (Å²) in [5.74, 6) is -1.98. The summed E-state index contributed by atoms with van der Waals surface area (Å²) < 4.78 is 23.0. The minimum Gasteiger partial charge on any atom is -0.477 e. The molecule has 0 rings (SSSR count). The average molecular weight is 1240 g/mol. The number of aliphatic carboxylic acids is 1. The molecular weight excluding hydrogens is 1090 g/mol. The van der Waals surface area contributed by atoms with E-state index in [1.165, 1.54) is 289 Å². The molecule has 0 aliphatic carbocycles. The van der Waals surface area contributed by atoms with Gasteiger partial charge in [0.1, 0.15) is 13.2 Å². The van der Waals surface area contributed by atoms with Crippen LogP contribution in [0.25, 0.3) is 0 Å². The van der Waals surface area contributed by atoms with Gasteiger partial charge >= 0.3 is 17.9 Å². The topological polar surface area (TPSA) is 108 Å². The molecule has 0 fully saturated rings. The Morgan fingerprint density at radius 1 is 0.352 bits per heavy atom. The Morgan fingerprint density at radius 2 is 0.648 bits per heavy atom. The van der Waals surface area contributed by atoms with Crippen LogP contribution in [0.15, 0.2) is 48.6 Å². The van der Waals surface area contributed by atoms with Crippen LogP contribution in [0, 0.1) is 0 Å². The van der Waals surface area contributed by atoms with Gasteiger partial charge in [-0.25, -0.2) is 4.79 Å². The van der Waals surface area contributed by atoms with Crippen LogP contribution < -0.4 is 0 Å². The van der Waals surface area contributed by atoms with E-state index < -0.39 is 18.4 Å². The summed E-state index contributed by atoms with van der Waals surface area (Å²) in [5.41, 5.74) is 0. The molecule has 0 saturated heterocycles. The first-order chi connectivity index (χ1) is 43.1. The molecule has 0 aromatic rings. The average Bonchev–Trinajstić information content (AvgIpc) is 3.54. The summed E-state index contributed by atoms with van der Waals surface area (Å²) in [6, 6.07) is 0. The van der Waals surface area contributed by atoms with Crippen molar-refractivity contribution in [1.29, 1.82) is 0 Å². The first-order valence-electron chi connectivity index (χ1n) is 38.3. The predicted molar refractivity (Wildman–Crippen MR) is 378 cm³/mol. The van der Waals surface area contributed by atoms with Gasteiger partial charge in [-0.3, -0.25) is 9.59 Å². The predicted octanol–water partition coefficient (Wildman–Crippen LogP) is 24.1. The molecule has 0 aliphatic heterocycles. The largest absolute Gasteiger partial charge is 0.477 e. The molecule has 0 aromatic heterocycles. The highest BCUT2D eigenvalue weighted by Gasteiger charge is 2.25. The minimum absolute atomic E-state index is 0.177. The zero-order valence-corrected chi connectivity index (χ0v) is 59.2. The van der Waals surface area contributed by atoms with Crippen LogP contribution in [-0.4, -0.2) is 87.4 Å². The molecule has 516 valence electrons. The number of esters is 2. The third-order valence-electron chi connectivity index (χ3n) is 17.3. The van der Waals surface area contributed by atoms with Crippen molar-refractivity contribution < 1.29 is 42.9 Å². The Labute approximate surface area is 546 Å². The normalized spacial score (nSPS) is 12.9. The van der Waals surface area contributed by atoms with E-state index in [4.69, 9.17) is 18.9 Å². The standard InChI is InChI=1S/C79H147NO8/c1-6-8-10-12-14-16-18-20-22-24-26-28-30-32-34-36-37-38-39-40-42-43-45-47-49-51-53-55-57-59-61-63-65-67-69-76(81)86-73-75(74-87-79(78(83)84)85-72-71-80(3,4)5)88-77(82)70-68-66-64-62-60-58-56-54-52-50-48-46-44-41-35-33-31-29-27-25-23-21-19-17-15-13-11-9-7-2/h9,11,15,17,21,23,27,29,75,79H,6-8,10,12-14,16,18-20,22,24-26,28,30-74H2,1-5H3/p+1/b11-9-,17-15-,23-21-,29-27-. The van der Waals surface area contributed by atoms with Crippen LogP contribution in [0.2, 0.25) is 0 Å². The van der Waals surface area contributed by atoms with Crippen molar-refractivity contribution in [2.45, 2.75) is 392 Å². The number of hydrogen-bond acceptors (Lipinski definition) is 7. The van der Waals surface area contributed by atoms with Crippen molar-refractivity contribution in [2.75, 3.05) is 47.5 Å². The molecule has 9 heteroatoms. The number of allylic oxidation sites excluding steroid dienone is 8. The molecule has 88 heavy (non-hydrogen) atoms. The molecule has 0 bridgehead atoms. The highest BCUT2D eigenvalue weighted by atomic mass is 16.7. The second-order valence-corrected chi connectivity index (χ2v) is 27.3. The highest BCUT2D eigenvalue weighted by molar-refractivity contribution is 5.71. The lowest BCUT2D eigenvalue weighted by molar-refractivity contribution is -0.870. The second-order valence-electron chi connectivity index (χ2n) is 27.3. The number of carbonyl (C=O) groups excluding carboxylic acids is 2. The van der Waals surface area contributed by atoms with Gasteiger partial charge < -0.3 is 28.5 Å². The number of ether oxygens (including phenoxy) is 4. The Morgan fingerprint density at radius 3 is 0.966 bits per heavy atom. The highest BCUT2D eigenvalue weighted by Crippen LogP contribution is 2.20. The van der Waals surface area contributed by atoms with Crippen LogP contribution in [0.5, 0.6) is 0 Å². The lowest BCUT2D eigenvalue weighted by Crippen LogP contribution is -2.40. The summed E-state index contributed by atoms with van der Waals surface area (Å²) in [4.78, 5) is 37.7. The van der Waals surface area contributed by atoms with E-state index in [-0.39, 0.29) is 38.2 Å². The summed E-state index contributed by atoms with van der Waals surface area (Å²) in [6.07, 6.45) is 88.3. The number of nitrogens with zero attached hydrogens (tertiary/aromatic N) is 1. The van der Waals surface area contributed by atoms with E-state index in [9.17, 15) is 19.5 Å². The monoisotopic (exact) mass is 1240 g/mol. The fraction of sp³-hybridized carbons (Fsp3) is 0.861. The van der Waals surface area contributed by atoms with Gasteiger partial charge in [0.15, 0.2) is 6.10 Å². The first-order valence-corrected chi connectivity index (χ1v) is 38.3. The second kappa shape index (κ2) is 70.1. The van der Waals surface area contributed by atoms with E-state index in [1.54, 1.807) is 0 Å². The van der Waals surface area contributed by atoms with Crippen LogP contribution in [-0.2, 0) is 33.3 Å². The Bertz CT molecular complexity index is 1580. The maximum Gasteiger partial charge on any atom is 0.361 e. The Kier molecular flexibility index (Phi) is 67.9. The number of carboxylic acids is 1. The molecule has 0 amide bonds. The number of rotatable bonds is 72. The molecule has 0 spiro atoms. The molecule has 9 nitrogen and oxygen atoms in total. The first kappa shape index (κ1) is 85.2. The molecular formula is C79H148NO8+. The van der Waals surface area contributed by atoms with E-state index in [2.05, 4.69) is 62.5 Å². The SMILES string of the molecule is CC/C=C\C/C=C\C/C=C\C/C=C\CCCCCCCCCCCCCCCCCCC(=O)OC(COC(=O)CCCCCCCCCCCCCCCCCCCCCCCCCCCCCCCCCCCC)COC(OCC[N+](C)(C)C)C(=O)O. The smallest absolute Gasteiger partial charge is 0.361 e. The lowest BCUT2D eigenvalue weighted by Gasteiger charge is -2.25. The summed E-state index contributed by atoms with van der Waals surface area (Å²) in [5, 5.41) is 9.76. The van der Waals surface area contributed by atoms with Crippen LogP contribution in [0.4, 0.5) is 0 Å². The van der Waals surface area contributed by atoms with Crippen molar-refractivity contribution in [3.8, 4) is 0 Å². The number of likely N-dealkylation sites (N-methyl/N-ethyl adjacent to an activating group) is 1. The van der Waals surface area contributed by atoms with Gasteiger partial charge in [-0.2, -0.15) is 0 Å². The van der Waals surface area contributed by atoms with Gasteiger partial charge in [0, 0.05) is 12.8 Å². The zero-order valence-electron chi connectivity index (χ0n) is 59.2. The van der Waals surface area contributed by atoms with Gasteiger partial charge in [-0.15, -0.1) is 0 Å². The fourth-order valence-electron chi connectivity index (χ4n) is 11.5. The molecule has 2 unspecified atom stereocenters. The van der Waals surface area contributed by atoms with E-state index in [0.29, 0.717) is 17.4 Å². The lowest BCUT2D eigenvalue weighted by atomic mass is 10.0. The molecule has 0 aromatic carbocycles. The Hall–Kier alpha value is -2.75. The van der Waals surface area contributed by atoms with Crippen LogP contribution >= 0.6 is 0 Å². The molecule has 1 N–H and O–H groups in total. The van der Waals surface area contributed by atoms with Crippen molar-refractivity contribution in [1.82, 2.24) is 0 Å². The molecule has 0 radical (unpaired) electrons. The van der Waals surface area contributed by atoms with Crippen molar-refractivity contribution in [3.05, 3.63) is 48.6 Å². The summed E-state index contributed by atoms with van der Waals surface area (Å²) >= 11 is 0. The number of unbranched alkanes of at least 4 members (excludes halogenated alkanes) is 49. The van der Waals surface area contributed by atoms with Gasteiger partial charge in [0.2, 0.25) is 0 Å². The minimum atomic E-state index is -1.51. The maximum atomic E-state index is 13.0. The van der Waals surface area contributed by atoms with Gasteiger partial charge in [-0.1, -0.05) is 364 Å². The summed E-state index contributed by atoms with van der Waals surface area (Å²) in [7, 11) is 5.99. The van der Waals surface area contributed by atoms with Crippen molar-refractivity contribution in [2.24, 2.45) is 0 Å². The summed E-state index contributed by atoms with van der Waals surface area (Å²) in [6.45, 7) is 4.84. The number of carboxylic acid groups (broad SMARTS) is 1. The molecule has 0 aliphatic rings. The molecule has 0 heterocycles. The van der Waals surface area contributed by atoms with Crippen molar-refractivity contribution in [3.63, 3.8) is 0 Å². The van der Waals surface area contributed by atoms with E-state index in [1.807, 2.05) is 21.1 Å². The van der Waals surface area contributed by atoms with Gasteiger partial charge in [0.25, 0.3) is 6.29 Å². The van der Waals surface area contributed by atoms with Gasteiger partial charge in [0.05, 0.1) is 34.4 Å². The number of hydrogen-bond donors (Lipinski definition) is 1. The maximum absolute atomic E-state index is 13.0. The quantitative estimate of drug-likeness (QED) is 0.0211. The fourth-order valence-corrected chi connectivity index (χ4v) is 11.5. The van der Waals surface area contributed by atoms with E-state index >= 15 is 0 Å². The number of carbonyl (C=O) groups is 3. The van der Waals surface area contributed by atoms with Crippen LogP contribution in [0.1, 0.15) is 380 Å². The Balaban J connectivity index is 3.99. The van der Waals surface area contributed by atoms with Crippen LogP contribution in [0.3, 0.4) is 0 Å². The van der Waals surface area contributed by atoms with E-state index in [0.717, 1.165) is 64.2 Å². The third kappa shape index (κ3) is 70.7. The van der Waals surface area contributed by atoms with Gasteiger partial charge in [-0.05, 0) is 51.4 Å². The molecule has 2 atom stereocenters. The zero-order chi connectivity index (χ0) is 64.0. The number of quaternary nitrogens is 1. The molecule has 0 saturated carbocycles.